The molecule has 0 spiro atoms. The van der Waals surface area contributed by atoms with E-state index in [2.05, 4.69) is 5.32 Å². The number of benzene rings is 2. The Balaban J connectivity index is 1.43. The second-order valence-electron chi connectivity index (χ2n) is 7.62. The first-order valence-electron chi connectivity index (χ1n) is 10.1. The first-order valence-corrected chi connectivity index (χ1v) is 12.9. The Kier molecular flexibility index (Phi) is 6.85. The van der Waals surface area contributed by atoms with E-state index in [1.54, 1.807) is 6.08 Å². The molecule has 2 aliphatic rings. The highest BCUT2D eigenvalue weighted by molar-refractivity contribution is 8.26. The van der Waals surface area contributed by atoms with E-state index in [0.29, 0.717) is 4.91 Å². The molecule has 0 aromatic heterocycles. The van der Waals surface area contributed by atoms with Crippen LogP contribution in [0.25, 0.3) is 6.08 Å². The monoisotopic (exact) mass is 530 g/mol. The average molecular weight is 531 g/mol. The van der Waals surface area contributed by atoms with Crippen LogP contribution < -0.4 is 10.5 Å². The molecule has 0 saturated carbocycles. The highest BCUT2D eigenvalue weighted by Gasteiger charge is 2.48. The maximum atomic E-state index is 13.0. The summed E-state index contributed by atoms with van der Waals surface area (Å²) in [6, 6.07) is 13.1. The van der Waals surface area contributed by atoms with Gasteiger partial charge in [0, 0.05) is 5.69 Å². The summed E-state index contributed by atoms with van der Waals surface area (Å²) in [4.78, 5) is 53.0. The van der Waals surface area contributed by atoms with Crippen LogP contribution in [0.3, 0.4) is 0 Å². The van der Waals surface area contributed by atoms with Crippen LogP contribution in [0.15, 0.2) is 64.4 Å². The lowest BCUT2D eigenvalue weighted by Crippen LogP contribution is -2.45. The second kappa shape index (κ2) is 9.70. The molecule has 0 aliphatic carbocycles. The highest BCUT2D eigenvalue weighted by Crippen LogP contribution is 2.36. The number of rotatable bonds is 6. The van der Waals surface area contributed by atoms with Gasteiger partial charge in [-0.05, 0) is 35.9 Å². The Bertz CT molecular complexity index is 1370. The van der Waals surface area contributed by atoms with E-state index >= 15 is 0 Å². The number of primary sulfonamides is 1. The van der Waals surface area contributed by atoms with Crippen molar-refractivity contribution >= 4 is 73.7 Å². The minimum Gasteiger partial charge on any atom is -0.325 e. The summed E-state index contributed by atoms with van der Waals surface area (Å²) in [6.45, 7) is -0.570. The van der Waals surface area contributed by atoms with Crippen molar-refractivity contribution in [3.05, 3.63) is 65.1 Å². The van der Waals surface area contributed by atoms with Crippen molar-refractivity contribution in [2.24, 2.45) is 5.14 Å². The third-order valence-electron chi connectivity index (χ3n) is 5.22. The van der Waals surface area contributed by atoms with Crippen molar-refractivity contribution in [1.82, 2.24) is 9.80 Å². The van der Waals surface area contributed by atoms with Gasteiger partial charge in [0.15, 0.2) is 0 Å². The molecular weight excluding hydrogens is 512 g/mol. The maximum absolute atomic E-state index is 13.0. The largest absolute Gasteiger partial charge is 0.325 e. The van der Waals surface area contributed by atoms with E-state index in [1.807, 2.05) is 30.3 Å². The number of nitrogens with one attached hydrogen (secondary N) is 1. The van der Waals surface area contributed by atoms with Gasteiger partial charge in [-0.1, -0.05) is 54.3 Å². The Labute approximate surface area is 210 Å². The number of sulfonamides is 1. The van der Waals surface area contributed by atoms with Gasteiger partial charge in [-0.15, -0.1) is 0 Å². The zero-order valence-electron chi connectivity index (χ0n) is 17.9. The van der Waals surface area contributed by atoms with Crippen LogP contribution in [0, 0.1) is 0 Å². The molecule has 0 unspecified atom stereocenters. The molecule has 4 amide bonds. The van der Waals surface area contributed by atoms with Crippen LogP contribution in [0.5, 0.6) is 0 Å². The lowest BCUT2D eigenvalue weighted by Gasteiger charge is -2.21. The topological polar surface area (TPSA) is 147 Å². The van der Waals surface area contributed by atoms with Gasteiger partial charge in [-0.3, -0.25) is 29.0 Å². The molecule has 0 radical (unpaired) electrons. The number of hydrogen-bond acceptors (Lipinski definition) is 8. The number of likely N-dealkylation sites (tertiary alicyclic amines) is 1. The molecule has 2 fully saturated rings. The lowest BCUT2D eigenvalue weighted by atomic mass is 10.2. The van der Waals surface area contributed by atoms with Gasteiger partial charge in [0.2, 0.25) is 21.8 Å². The molecule has 2 aromatic rings. The van der Waals surface area contributed by atoms with E-state index < -0.39 is 46.2 Å². The molecule has 2 aromatic carbocycles. The van der Waals surface area contributed by atoms with Gasteiger partial charge in [0.25, 0.3) is 11.8 Å². The molecule has 4 rings (SSSR count). The van der Waals surface area contributed by atoms with Crippen LogP contribution >= 0.6 is 24.0 Å². The number of anilines is 1. The van der Waals surface area contributed by atoms with E-state index in [1.165, 1.54) is 24.3 Å². The van der Waals surface area contributed by atoms with Crippen molar-refractivity contribution < 1.29 is 27.6 Å². The third kappa shape index (κ3) is 5.32. The zero-order valence-corrected chi connectivity index (χ0v) is 20.4. The summed E-state index contributed by atoms with van der Waals surface area (Å²) in [6.07, 6.45) is 1.37. The fourth-order valence-electron chi connectivity index (χ4n) is 3.55. The van der Waals surface area contributed by atoms with Crippen molar-refractivity contribution in [3.8, 4) is 0 Å². The molecule has 2 heterocycles. The number of thioether (sulfide) groups is 1. The summed E-state index contributed by atoms with van der Waals surface area (Å²) >= 11 is 6.35. The number of carbonyl (C=O) groups excluding carboxylic acids is 4. The minimum atomic E-state index is -3.89. The predicted molar refractivity (Wildman–Crippen MR) is 133 cm³/mol. The van der Waals surface area contributed by atoms with E-state index in [-0.39, 0.29) is 21.3 Å². The first-order chi connectivity index (χ1) is 16.5. The molecule has 35 heavy (non-hydrogen) atoms. The molecule has 1 atom stereocenters. The average Bonchev–Trinajstić information content (AvgIpc) is 3.23. The van der Waals surface area contributed by atoms with Crippen LogP contribution in [-0.2, 0) is 29.2 Å². The molecule has 2 aliphatic heterocycles. The lowest BCUT2D eigenvalue weighted by molar-refractivity contribution is -0.143. The van der Waals surface area contributed by atoms with Gasteiger partial charge in [-0.2, -0.15) is 0 Å². The van der Waals surface area contributed by atoms with E-state index in [0.717, 1.165) is 27.1 Å². The molecule has 2 saturated heterocycles. The molecular formula is C22H18N4O6S3. The summed E-state index contributed by atoms with van der Waals surface area (Å²) in [5, 5.41) is 7.52. The predicted octanol–water partition coefficient (Wildman–Crippen LogP) is 1.30. The van der Waals surface area contributed by atoms with Crippen molar-refractivity contribution in [1.29, 1.82) is 0 Å². The fourth-order valence-corrected chi connectivity index (χ4v) is 5.43. The SMILES string of the molecule is NS(=O)(=O)c1ccc(NC(=O)CN2C(=O)C[C@H](N3C(=O)/C(=C/c4ccccc4)SC3=S)C2=O)cc1. The van der Waals surface area contributed by atoms with Crippen LogP contribution in [0.4, 0.5) is 5.69 Å². The van der Waals surface area contributed by atoms with Gasteiger partial charge < -0.3 is 5.32 Å². The first kappa shape index (κ1) is 24.7. The molecule has 13 heteroatoms. The van der Waals surface area contributed by atoms with Gasteiger partial charge in [-0.25, -0.2) is 13.6 Å². The Hall–Kier alpha value is -3.39. The molecule has 10 nitrogen and oxygen atoms in total. The highest BCUT2D eigenvalue weighted by atomic mass is 32.2. The van der Waals surface area contributed by atoms with Crippen molar-refractivity contribution in [2.75, 3.05) is 11.9 Å². The third-order valence-corrected chi connectivity index (χ3v) is 7.48. The van der Waals surface area contributed by atoms with Gasteiger partial charge >= 0.3 is 0 Å². The number of hydrogen-bond donors (Lipinski definition) is 2. The summed E-state index contributed by atoms with van der Waals surface area (Å²) < 4.78 is 22.8. The number of carbonyl (C=O) groups is 4. The van der Waals surface area contributed by atoms with Crippen molar-refractivity contribution in [3.63, 3.8) is 0 Å². The normalized spacial score (nSPS) is 19.7. The number of nitrogens with zero attached hydrogens (tertiary/aromatic N) is 2. The van der Waals surface area contributed by atoms with Crippen LogP contribution in [-0.4, -0.2) is 58.8 Å². The molecule has 3 N–H and O–H groups in total. The summed E-state index contributed by atoms with van der Waals surface area (Å²) in [5.74, 6) is -2.46. The van der Waals surface area contributed by atoms with Crippen LogP contribution in [0.2, 0.25) is 0 Å². The molecule has 0 bridgehead atoms. The Morgan fingerprint density at radius 1 is 1.11 bits per heavy atom. The van der Waals surface area contributed by atoms with Crippen LogP contribution in [0.1, 0.15) is 12.0 Å². The summed E-state index contributed by atoms with van der Waals surface area (Å²) in [5.41, 5.74) is 1.04. The Morgan fingerprint density at radius 3 is 2.40 bits per heavy atom. The fraction of sp³-hybridized carbons (Fsp3) is 0.136. The smallest absolute Gasteiger partial charge is 0.266 e. The van der Waals surface area contributed by atoms with E-state index in [4.69, 9.17) is 17.4 Å². The maximum Gasteiger partial charge on any atom is 0.266 e. The minimum absolute atomic E-state index is 0.131. The van der Waals surface area contributed by atoms with Crippen molar-refractivity contribution in [2.45, 2.75) is 17.4 Å². The zero-order chi connectivity index (χ0) is 25.3. The van der Waals surface area contributed by atoms with Gasteiger partial charge in [0.05, 0.1) is 16.2 Å². The number of imide groups is 1. The van der Waals surface area contributed by atoms with E-state index in [9.17, 15) is 27.6 Å². The standard InChI is InChI=1S/C22H18N4O6S3/c23-35(31,32)15-8-6-14(7-9-15)24-18(27)12-25-19(28)11-16(20(25)29)26-21(30)17(34-22(26)33)10-13-4-2-1-3-5-13/h1-10,16H,11-12H2,(H,24,27)(H2,23,31,32)/b17-10-/t16-/m0/s1. The second-order valence-corrected chi connectivity index (χ2v) is 10.9. The number of thiocarbonyl (C=S) groups is 1. The number of amides is 4. The Morgan fingerprint density at radius 2 is 1.77 bits per heavy atom. The summed E-state index contributed by atoms with van der Waals surface area (Å²) in [7, 11) is -3.89. The van der Waals surface area contributed by atoms with Gasteiger partial charge in [0.1, 0.15) is 16.9 Å². The number of nitrogens with two attached hydrogens (primary N) is 1. The quantitative estimate of drug-likeness (QED) is 0.323. The molecule has 180 valence electrons.